The molecule has 5 nitrogen and oxygen atoms in total. The minimum absolute atomic E-state index is 0.0499. The number of hydrogen-bond donors (Lipinski definition) is 1. The molecule has 0 spiro atoms. The van der Waals surface area contributed by atoms with Crippen LogP contribution in [0.5, 0.6) is 0 Å². The van der Waals surface area contributed by atoms with Crippen molar-refractivity contribution in [2.24, 2.45) is 5.92 Å². The van der Waals surface area contributed by atoms with Gasteiger partial charge in [-0.25, -0.2) is 4.98 Å². The highest BCUT2D eigenvalue weighted by Crippen LogP contribution is 2.23. The van der Waals surface area contributed by atoms with Crippen molar-refractivity contribution >= 4 is 11.6 Å². The van der Waals surface area contributed by atoms with Crippen LogP contribution in [0.2, 0.25) is 0 Å². The van der Waals surface area contributed by atoms with E-state index in [4.69, 9.17) is 0 Å². The molecular formula is C23H27N3O2. The highest BCUT2D eigenvalue weighted by atomic mass is 16.2. The smallest absolute Gasteiger partial charge is 0.270 e. The summed E-state index contributed by atoms with van der Waals surface area (Å²) in [6.45, 7) is 6.30. The van der Waals surface area contributed by atoms with E-state index in [9.17, 15) is 9.59 Å². The van der Waals surface area contributed by atoms with Gasteiger partial charge in [-0.1, -0.05) is 57.5 Å². The van der Waals surface area contributed by atoms with Crippen molar-refractivity contribution in [1.82, 2.24) is 14.7 Å². The van der Waals surface area contributed by atoms with Crippen LogP contribution in [0.15, 0.2) is 59.7 Å². The molecule has 0 bridgehead atoms. The fourth-order valence-electron chi connectivity index (χ4n) is 3.31. The number of unbranched alkanes of at least 4 members (excludes halogenated alkanes) is 1. The van der Waals surface area contributed by atoms with Gasteiger partial charge in [-0.3, -0.25) is 14.0 Å². The Balaban J connectivity index is 1.84. The molecule has 5 heteroatoms. The number of aromatic nitrogens is 2. The van der Waals surface area contributed by atoms with Crippen LogP contribution >= 0.6 is 0 Å². The van der Waals surface area contributed by atoms with Gasteiger partial charge < -0.3 is 5.32 Å². The zero-order chi connectivity index (χ0) is 20.1. The van der Waals surface area contributed by atoms with Gasteiger partial charge in [0.2, 0.25) is 0 Å². The molecule has 3 rings (SSSR count). The van der Waals surface area contributed by atoms with Gasteiger partial charge in [0.15, 0.2) is 0 Å². The van der Waals surface area contributed by atoms with E-state index in [0.29, 0.717) is 5.65 Å². The molecule has 0 aliphatic carbocycles. The number of aryl methyl sites for hydroxylation is 1. The molecule has 0 saturated heterocycles. The molecule has 0 aliphatic heterocycles. The lowest BCUT2D eigenvalue weighted by molar-refractivity contribution is 0.0923. The average Bonchev–Trinajstić information content (AvgIpc) is 2.71. The first-order chi connectivity index (χ1) is 13.5. The van der Waals surface area contributed by atoms with Gasteiger partial charge in [0.25, 0.3) is 11.5 Å². The van der Waals surface area contributed by atoms with Crippen LogP contribution in [0.25, 0.3) is 5.65 Å². The van der Waals surface area contributed by atoms with Gasteiger partial charge in [-0.05, 0) is 42.0 Å². The molecule has 1 atom stereocenters. The number of carbonyl (C=O) groups is 1. The van der Waals surface area contributed by atoms with Crippen molar-refractivity contribution in [3.05, 3.63) is 81.9 Å². The zero-order valence-corrected chi connectivity index (χ0v) is 16.7. The van der Waals surface area contributed by atoms with E-state index in [1.165, 1.54) is 29.0 Å². The average molecular weight is 377 g/mol. The first-order valence-corrected chi connectivity index (χ1v) is 9.87. The minimum atomic E-state index is -0.399. The van der Waals surface area contributed by atoms with E-state index in [1.54, 1.807) is 24.4 Å². The van der Waals surface area contributed by atoms with Crippen LogP contribution in [-0.4, -0.2) is 15.3 Å². The number of pyridine rings is 1. The minimum Gasteiger partial charge on any atom is -0.345 e. The van der Waals surface area contributed by atoms with E-state index in [-0.39, 0.29) is 23.1 Å². The molecule has 28 heavy (non-hydrogen) atoms. The normalized spacial score (nSPS) is 12.3. The van der Waals surface area contributed by atoms with E-state index in [0.717, 1.165) is 12.0 Å². The summed E-state index contributed by atoms with van der Waals surface area (Å²) in [4.78, 5) is 29.7. The molecule has 1 aromatic carbocycles. The highest BCUT2D eigenvalue weighted by Gasteiger charge is 2.21. The van der Waals surface area contributed by atoms with E-state index in [1.807, 2.05) is 0 Å². The maximum absolute atomic E-state index is 12.8. The summed E-state index contributed by atoms with van der Waals surface area (Å²) in [6, 6.07) is 13.5. The summed E-state index contributed by atoms with van der Waals surface area (Å²) in [6.07, 6.45) is 6.38. The lowest BCUT2D eigenvalue weighted by Crippen LogP contribution is -2.36. The summed E-state index contributed by atoms with van der Waals surface area (Å²) in [5, 5.41) is 3.02. The van der Waals surface area contributed by atoms with Gasteiger partial charge in [-0.15, -0.1) is 0 Å². The number of nitrogens with zero attached hydrogens (tertiary/aromatic N) is 2. The SMILES string of the molecule is CCCCc1ccc(C(NC(=O)c2cnc3ccccn3c2=O)C(C)C)cc1. The number of carbonyl (C=O) groups excluding carboxylic acids is 1. The molecule has 0 aliphatic rings. The summed E-state index contributed by atoms with van der Waals surface area (Å²) >= 11 is 0. The Labute approximate surface area is 165 Å². The van der Waals surface area contributed by atoms with E-state index < -0.39 is 5.91 Å². The molecule has 0 radical (unpaired) electrons. The largest absolute Gasteiger partial charge is 0.345 e. The van der Waals surface area contributed by atoms with Crippen molar-refractivity contribution in [2.75, 3.05) is 0 Å². The molecule has 0 saturated carbocycles. The van der Waals surface area contributed by atoms with E-state index in [2.05, 4.69) is 55.3 Å². The molecule has 2 heterocycles. The molecule has 1 unspecified atom stereocenters. The predicted molar refractivity (Wildman–Crippen MR) is 112 cm³/mol. The van der Waals surface area contributed by atoms with Crippen LogP contribution in [-0.2, 0) is 6.42 Å². The van der Waals surface area contributed by atoms with Gasteiger partial charge in [-0.2, -0.15) is 0 Å². The Kier molecular flexibility index (Phi) is 6.24. The standard InChI is InChI=1S/C23H27N3O2/c1-4-5-8-17-10-12-18(13-11-17)21(16(2)3)25-22(27)19-15-24-20-9-6-7-14-26(20)23(19)28/h6-7,9-16,21H,4-5,8H2,1-3H3,(H,25,27). The first-order valence-electron chi connectivity index (χ1n) is 9.87. The molecule has 2 aromatic heterocycles. The lowest BCUT2D eigenvalue weighted by Gasteiger charge is -2.23. The number of nitrogens with one attached hydrogen (secondary N) is 1. The number of fused-ring (bicyclic) bond motifs is 1. The topological polar surface area (TPSA) is 63.5 Å². The Morgan fingerprint density at radius 3 is 2.57 bits per heavy atom. The number of hydrogen-bond acceptors (Lipinski definition) is 3. The molecule has 146 valence electrons. The fourth-order valence-corrected chi connectivity index (χ4v) is 3.31. The van der Waals surface area contributed by atoms with Crippen molar-refractivity contribution in [2.45, 2.75) is 46.1 Å². The van der Waals surface area contributed by atoms with Crippen molar-refractivity contribution in [3.63, 3.8) is 0 Å². The quantitative estimate of drug-likeness (QED) is 0.672. The van der Waals surface area contributed by atoms with Crippen LogP contribution in [0, 0.1) is 5.92 Å². The maximum Gasteiger partial charge on any atom is 0.270 e. The van der Waals surface area contributed by atoms with Crippen molar-refractivity contribution in [3.8, 4) is 0 Å². The Morgan fingerprint density at radius 1 is 1.14 bits per heavy atom. The van der Waals surface area contributed by atoms with Crippen LogP contribution in [0.4, 0.5) is 0 Å². The Hall–Kier alpha value is -2.95. The fraction of sp³-hybridized carbons (Fsp3) is 0.348. The second-order valence-corrected chi connectivity index (χ2v) is 7.45. The number of rotatable bonds is 7. The van der Waals surface area contributed by atoms with Crippen LogP contribution < -0.4 is 10.9 Å². The van der Waals surface area contributed by atoms with Crippen molar-refractivity contribution in [1.29, 1.82) is 0 Å². The predicted octanol–water partition coefficient (Wildman–Crippen LogP) is 4.16. The number of amides is 1. The molecule has 1 amide bonds. The third kappa shape index (κ3) is 4.30. The molecule has 3 aromatic rings. The third-order valence-electron chi connectivity index (χ3n) is 4.97. The first kappa shape index (κ1) is 19.8. The lowest BCUT2D eigenvalue weighted by atomic mass is 9.94. The summed E-state index contributed by atoms with van der Waals surface area (Å²) in [5.41, 5.74) is 2.55. The molecular weight excluding hydrogens is 350 g/mol. The monoisotopic (exact) mass is 377 g/mol. The zero-order valence-electron chi connectivity index (χ0n) is 16.7. The Bertz CT molecular complexity index is 1010. The Morgan fingerprint density at radius 2 is 1.89 bits per heavy atom. The van der Waals surface area contributed by atoms with Gasteiger partial charge in [0.1, 0.15) is 11.2 Å². The van der Waals surface area contributed by atoms with Gasteiger partial charge >= 0.3 is 0 Å². The summed E-state index contributed by atoms with van der Waals surface area (Å²) < 4.78 is 1.39. The summed E-state index contributed by atoms with van der Waals surface area (Å²) in [5.74, 6) is -0.217. The summed E-state index contributed by atoms with van der Waals surface area (Å²) in [7, 11) is 0. The number of benzene rings is 1. The van der Waals surface area contributed by atoms with Crippen molar-refractivity contribution < 1.29 is 4.79 Å². The second-order valence-electron chi connectivity index (χ2n) is 7.45. The van der Waals surface area contributed by atoms with Crippen LogP contribution in [0.1, 0.15) is 61.1 Å². The van der Waals surface area contributed by atoms with Crippen LogP contribution in [0.3, 0.4) is 0 Å². The molecule has 1 N–H and O–H groups in total. The maximum atomic E-state index is 12.8. The van der Waals surface area contributed by atoms with Gasteiger partial charge in [0.05, 0.1) is 6.04 Å². The molecule has 0 fully saturated rings. The highest BCUT2D eigenvalue weighted by molar-refractivity contribution is 5.94. The second kappa shape index (κ2) is 8.83. The van der Waals surface area contributed by atoms with Gasteiger partial charge in [0, 0.05) is 12.4 Å². The third-order valence-corrected chi connectivity index (χ3v) is 4.97. The van der Waals surface area contributed by atoms with E-state index >= 15 is 0 Å².